The standard InChI is InChI=1S/C49H37N4O5.Cu/c1-55-34-13-5-9-29(23-34)45-38-17-18-39(50-38)46(30-10-6-14-35(24-30)56-2)41-21-22-43(52-41)48(32-12-8-16-37(26-32)58-4)49-33(28-54)27-44(53-49)47(42-20-19-40(45)51-42)31-11-7-15-36(25-31)57-3;/h5-28H,1-4H3,(H-,50,51,52,53,54);/q-1;+2/p-1. The number of allylic oxidation sites excluding steroid dienone is 1. The van der Waals surface area contributed by atoms with E-state index in [9.17, 15) is 4.79 Å². The van der Waals surface area contributed by atoms with Crippen molar-refractivity contribution in [1.82, 2.24) is 19.9 Å². The number of benzene rings is 4. The van der Waals surface area contributed by atoms with Crippen LogP contribution in [0.2, 0.25) is 0 Å². The smallest absolute Gasteiger partial charge is 0.657 e. The molecule has 4 aromatic carbocycles. The van der Waals surface area contributed by atoms with Crippen LogP contribution in [0.4, 0.5) is 0 Å². The van der Waals surface area contributed by atoms with Gasteiger partial charge < -0.3 is 28.9 Å². The number of carbonyl (C=O) groups is 1. The van der Waals surface area contributed by atoms with Crippen LogP contribution in [0.3, 0.4) is 0 Å². The summed E-state index contributed by atoms with van der Waals surface area (Å²) in [4.78, 5) is 34.4. The fraction of sp³-hybridized carbons (Fsp3) is 0.0816. The number of aldehydes is 1. The molecule has 59 heavy (non-hydrogen) atoms. The first-order chi connectivity index (χ1) is 28.5. The molecule has 10 heteroatoms. The average Bonchev–Trinajstić information content (AvgIpc) is 4.11. The van der Waals surface area contributed by atoms with E-state index in [0.29, 0.717) is 73.3 Å². The van der Waals surface area contributed by atoms with Gasteiger partial charge in [-0.05, 0) is 111 Å². The van der Waals surface area contributed by atoms with E-state index in [0.717, 1.165) is 50.9 Å². The fourth-order valence-corrected chi connectivity index (χ4v) is 7.57. The molecule has 1 radical (unpaired) electrons. The molecule has 0 aliphatic carbocycles. The zero-order valence-corrected chi connectivity index (χ0v) is 33.4. The van der Waals surface area contributed by atoms with Crippen molar-refractivity contribution in [2.24, 2.45) is 0 Å². The van der Waals surface area contributed by atoms with Crippen LogP contribution in [0.5, 0.6) is 23.0 Å². The summed E-state index contributed by atoms with van der Waals surface area (Å²) in [6.07, 6.45) is 6.69. The van der Waals surface area contributed by atoms with Gasteiger partial charge in [0.05, 0.1) is 51.2 Å². The molecule has 9 nitrogen and oxygen atoms in total. The molecule has 5 heterocycles. The minimum atomic E-state index is 0. The number of fused-ring (bicyclic) bond motifs is 8. The van der Waals surface area contributed by atoms with Crippen LogP contribution in [0.1, 0.15) is 22.8 Å². The molecule has 8 bridgehead atoms. The van der Waals surface area contributed by atoms with Crippen LogP contribution in [-0.4, -0.2) is 44.7 Å². The topological polar surface area (TPSA) is 108 Å². The molecule has 9 rings (SSSR count). The number of hydrogen-bond acceptors (Lipinski definition) is 7. The number of rotatable bonds is 9. The summed E-state index contributed by atoms with van der Waals surface area (Å²) in [5.41, 5.74) is 11.9. The number of nitrogens with zero attached hydrogens (tertiary/aromatic N) is 4. The molecule has 0 fully saturated rings. The Kier molecular flexibility index (Phi) is 10.8. The van der Waals surface area contributed by atoms with Gasteiger partial charge in [-0.1, -0.05) is 72.8 Å². The maximum atomic E-state index is 13.1. The predicted octanol–water partition coefficient (Wildman–Crippen LogP) is 10.2. The molecule has 0 N–H and O–H groups in total. The van der Waals surface area contributed by atoms with Gasteiger partial charge in [0.1, 0.15) is 23.0 Å². The van der Waals surface area contributed by atoms with Crippen LogP contribution in [-0.2, 0) is 21.9 Å². The minimum absolute atomic E-state index is 0. The molecule has 0 unspecified atom stereocenters. The maximum absolute atomic E-state index is 13.1. The Labute approximate surface area is 351 Å². The number of methoxy groups -OCH3 is 4. The number of aromatic nitrogens is 4. The SMILES string of the molecule is COc1cccc(-c2c3nc(c(-c4cccc(OC)c4)c4ccc([n-]4)c(-c4cccc(OC)c4)c4nc(c(-c5cccc(OC)c5)c5ccc2[n-]5)C=C4C=O)C=C3)c1.[Cu+2]. The molecule has 2 aliphatic rings. The van der Waals surface area contributed by atoms with E-state index < -0.39 is 0 Å². The number of hydrogen-bond donors (Lipinski definition) is 0. The van der Waals surface area contributed by atoms with Crippen molar-refractivity contribution >= 4 is 52.2 Å². The largest absolute Gasteiger partial charge is 2.00 e. The second kappa shape index (κ2) is 16.4. The Morgan fingerprint density at radius 2 is 0.814 bits per heavy atom. The number of ether oxygens (including phenoxy) is 4. The Morgan fingerprint density at radius 1 is 0.458 bits per heavy atom. The summed E-state index contributed by atoms with van der Waals surface area (Å²) < 4.78 is 22.7. The van der Waals surface area contributed by atoms with Gasteiger partial charge in [0, 0.05) is 5.57 Å². The molecule has 7 aromatic rings. The van der Waals surface area contributed by atoms with Crippen molar-refractivity contribution in [3.63, 3.8) is 0 Å². The predicted molar refractivity (Wildman–Crippen MR) is 230 cm³/mol. The summed E-state index contributed by atoms with van der Waals surface area (Å²) in [7, 11) is 6.56. The summed E-state index contributed by atoms with van der Waals surface area (Å²) in [6.45, 7) is 0. The molecule has 0 atom stereocenters. The zero-order valence-electron chi connectivity index (χ0n) is 32.5. The van der Waals surface area contributed by atoms with E-state index in [1.165, 1.54) is 0 Å². The van der Waals surface area contributed by atoms with E-state index >= 15 is 0 Å². The molecule has 2 aliphatic heterocycles. The van der Waals surface area contributed by atoms with E-state index in [4.69, 9.17) is 38.9 Å². The summed E-state index contributed by atoms with van der Waals surface area (Å²) in [5.74, 6) is 2.72. The van der Waals surface area contributed by atoms with Gasteiger partial charge in [0.25, 0.3) is 0 Å². The first kappa shape index (κ1) is 38.7. The molecule has 0 spiro atoms. The van der Waals surface area contributed by atoms with E-state index in [1.54, 1.807) is 28.4 Å². The summed E-state index contributed by atoms with van der Waals surface area (Å²) >= 11 is 0. The Morgan fingerprint density at radius 3 is 1.19 bits per heavy atom. The first-order valence-electron chi connectivity index (χ1n) is 18.6. The van der Waals surface area contributed by atoms with Crippen molar-refractivity contribution in [2.75, 3.05) is 28.4 Å². The van der Waals surface area contributed by atoms with Crippen molar-refractivity contribution < 1.29 is 40.8 Å². The Hall–Kier alpha value is -7.13. The van der Waals surface area contributed by atoms with E-state index in [2.05, 4.69) is 0 Å². The normalized spacial score (nSPS) is 11.7. The number of carbonyl (C=O) groups excluding carboxylic acids is 1. The monoisotopic (exact) mass is 823 g/mol. The van der Waals surface area contributed by atoms with Crippen LogP contribution in [0.25, 0.3) is 90.4 Å². The van der Waals surface area contributed by atoms with Crippen molar-refractivity contribution in [3.8, 4) is 67.5 Å². The third kappa shape index (κ3) is 7.20. The van der Waals surface area contributed by atoms with Crippen LogP contribution >= 0.6 is 0 Å². The first-order valence-corrected chi connectivity index (χ1v) is 18.6. The molecule has 0 amide bonds. The zero-order chi connectivity index (χ0) is 39.8. The average molecular weight is 824 g/mol. The molecular weight excluding hydrogens is 788 g/mol. The van der Waals surface area contributed by atoms with Gasteiger partial charge in [0.2, 0.25) is 0 Å². The van der Waals surface area contributed by atoms with Gasteiger partial charge in [0.15, 0.2) is 6.29 Å². The molecule has 0 saturated heterocycles. The second-order valence-electron chi connectivity index (χ2n) is 13.6. The van der Waals surface area contributed by atoms with Gasteiger partial charge in [-0.25, -0.2) is 9.97 Å². The van der Waals surface area contributed by atoms with Crippen LogP contribution in [0, 0.1) is 0 Å². The van der Waals surface area contributed by atoms with E-state index in [1.807, 2.05) is 140 Å². The van der Waals surface area contributed by atoms with Crippen molar-refractivity contribution in [3.05, 3.63) is 144 Å². The second-order valence-corrected chi connectivity index (χ2v) is 13.6. The summed E-state index contributed by atoms with van der Waals surface area (Å²) in [6, 6.07) is 39.1. The summed E-state index contributed by atoms with van der Waals surface area (Å²) in [5, 5.41) is 0. The van der Waals surface area contributed by atoms with Crippen LogP contribution < -0.4 is 28.9 Å². The molecule has 293 valence electrons. The molecular formula is C49H36CuN4O5. The van der Waals surface area contributed by atoms with Crippen LogP contribution in [0.15, 0.2) is 121 Å². The molecule has 3 aromatic heterocycles. The minimum Gasteiger partial charge on any atom is -0.657 e. The fourth-order valence-electron chi connectivity index (χ4n) is 7.57. The van der Waals surface area contributed by atoms with E-state index in [-0.39, 0.29) is 17.1 Å². The third-order valence-corrected chi connectivity index (χ3v) is 10.3. The van der Waals surface area contributed by atoms with Gasteiger partial charge in [-0.2, -0.15) is 0 Å². The Bertz CT molecular complexity index is 3000. The quantitative estimate of drug-likeness (QED) is 0.104. The van der Waals surface area contributed by atoms with Crippen molar-refractivity contribution in [1.29, 1.82) is 0 Å². The van der Waals surface area contributed by atoms with Gasteiger partial charge >= 0.3 is 17.1 Å². The molecule has 0 saturated carbocycles. The van der Waals surface area contributed by atoms with Gasteiger partial charge in [-0.3, -0.25) is 4.79 Å². The van der Waals surface area contributed by atoms with Gasteiger partial charge in [-0.15, -0.1) is 22.1 Å². The third-order valence-electron chi connectivity index (χ3n) is 10.3. The van der Waals surface area contributed by atoms with Crippen molar-refractivity contribution in [2.45, 2.75) is 0 Å². The maximum Gasteiger partial charge on any atom is 2.00 e. The Balaban J connectivity index is 0.00000484.